The zero-order valence-corrected chi connectivity index (χ0v) is 21.3. The summed E-state index contributed by atoms with van der Waals surface area (Å²) >= 11 is 6.38. The number of amides is 2. The van der Waals surface area contributed by atoms with Gasteiger partial charge in [0.05, 0.1) is 17.0 Å². The van der Waals surface area contributed by atoms with Crippen molar-refractivity contribution >= 4 is 23.4 Å². The van der Waals surface area contributed by atoms with E-state index in [4.69, 9.17) is 16.3 Å². The molecule has 1 fully saturated rings. The molecule has 0 saturated carbocycles. The third-order valence-electron chi connectivity index (χ3n) is 7.26. The molecule has 0 aliphatic carbocycles. The molecule has 2 aromatic carbocycles. The average Bonchev–Trinajstić information content (AvgIpc) is 2.87. The summed E-state index contributed by atoms with van der Waals surface area (Å²) in [5.74, 6) is 0.557. The molecular formula is C28H36ClN3O3. The Bertz CT molecular complexity index is 1020. The average molecular weight is 498 g/mol. The summed E-state index contributed by atoms with van der Waals surface area (Å²) < 4.78 is 5.97. The summed E-state index contributed by atoms with van der Waals surface area (Å²) in [6, 6.07) is 15.1. The van der Waals surface area contributed by atoms with Crippen molar-refractivity contribution in [1.29, 1.82) is 0 Å². The summed E-state index contributed by atoms with van der Waals surface area (Å²) in [4.78, 5) is 28.6. The Balaban J connectivity index is 1.43. The quantitative estimate of drug-likeness (QED) is 0.624. The smallest absolute Gasteiger partial charge is 0.255 e. The Hall–Kier alpha value is -2.57. The Morgan fingerprint density at radius 2 is 1.74 bits per heavy atom. The van der Waals surface area contributed by atoms with E-state index in [1.54, 1.807) is 12.1 Å². The van der Waals surface area contributed by atoms with E-state index in [0.29, 0.717) is 24.5 Å². The highest BCUT2D eigenvalue weighted by molar-refractivity contribution is 6.31. The van der Waals surface area contributed by atoms with Crippen molar-refractivity contribution in [3.63, 3.8) is 0 Å². The van der Waals surface area contributed by atoms with Gasteiger partial charge in [0.1, 0.15) is 12.4 Å². The van der Waals surface area contributed by atoms with Crippen LogP contribution in [-0.2, 0) is 11.3 Å². The molecule has 2 N–H and O–H groups in total. The van der Waals surface area contributed by atoms with E-state index >= 15 is 0 Å². The first kappa shape index (κ1) is 25.5. The number of likely N-dealkylation sites (tertiary alicyclic amines) is 1. The largest absolute Gasteiger partial charge is 0.491 e. The number of rotatable bonds is 2. The lowest BCUT2D eigenvalue weighted by molar-refractivity contribution is -0.135. The van der Waals surface area contributed by atoms with Crippen molar-refractivity contribution in [3.05, 3.63) is 64.7 Å². The third-order valence-corrected chi connectivity index (χ3v) is 7.63. The van der Waals surface area contributed by atoms with Crippen LogP contribution in [0.4, 0.5) is 0 Å². The number of halogens is 1. The predicted molar refractivity (Wildman–Crippen MR) is 139 cm³/mol. The Morgan fingerprint density at radius 1 is 1.00 bits per heavy atom. The molecule has 1 atom stereocenters. The second-order valence-electron chi connectivity index (χ2n) is 9.90. The van der Waals surface area contributed by atoms with Crippen LogP contribution in [0.15, 0.2) is 48.5 Å². The van der Waals surface area contributed by atoms with Gasteiger partial charge in [-0.05, 0) is 69.5 Å². The number of para-hydroxylation sites is 1. The second-order valence-corrected chi connectivity index (χ2v) is 10.3. The number of ether oxygens (including phenoxy) is 1. The maximum absolute atomic E-state index is 13.6. The number of nitrogens with one attached hydrogen (secondary N) is 2. The van der Waals surface area contributed by atoms with Crippen molar-refractivity contribution in [2.24, 2.45) is 5.41 Å². The molecule has 0 aromatic heterocycles. The van der Waals surface area contributed by atoms with E-state index in [1.807, 2.05) is 37.3 Å². The van der Waals surface area contributed by atoms with Crippen LogP contribution in [0, 0.1) is 5.41 Å². The maximum Gasteiger partial charge on any atom is 0.255 e. The van der Waals surface area contributed by atoms with E-state index < -0.39 is 0 Å². The van der Waals surface area contributed by atoms with E-state index in [0.717, 1.165) is 68.7 Å². The fourth-order valence-electron chi connectivity index (χ4n) is 5.07. The van der Waals surface area contributed by atoms with E-state index in [-0.39, 0.29) is 23.3 Å². The van der Waals surface area contributed by atoms with Gasteiger partial charge in [0.2, 0.25) is 5.91 Å². The van der Waals surface area contributed by atoms with Gasteiger partial charge >= 0.3 is 0 Å². The number of hydrogen-bond donors (Lipinski definition) is 2. The number of piperidine rings is 1. The number of fused-ring (bicyclic) bond motifs is 1. The fourth-order valence-corrected chi connectivity index (χ4v) is 5.27. The van der Waals surface area contributed by atoms with Gasteiger partial charge in [-0.2, -0.15) is 0 Å². The number of carbonyl (C=O) groups is 2. The third kappa shape index (κ3) is 6.56. The monoisotopic (exact) mass is 497 g/mol. The minimum absolute atomic E-state index is 0.116. The number of carbonyl (C=O) groups excluding carboxylic acids is 2. The number of benzene rings is 2. The molecule has 2 aromatic rings. The Labute approximate surface area is 213 Å². The van der Waals surface area contributed by atoms with E-state index in [9.17, 15) is 9.59 Å². The van der Waals surface area contributed by atoms with E-state index in [1.165, 1.54) is 0 Å². The van der Waals surface area contributed by atoms with Gasteiger partial charge in [0.25, 0.3) is 5.91 Å². The van der Waals surface area contributed by atoms with Crippen LogP contribution in [0.1, 0.15) is 61.4 Å². The fraction of sp³-hybridized carbons (Fsp3) is 0.500. The summed E-state index contributed by atoms with van der Waals surface area (Å²) in [5.41, 5.74) is 1.29. The molecule has 2 heterocycles. The molecule has 188 valence electrons. The van der Waals surface area contributed by atoms with Crippen LogP contribution in [0.25, 0.3) is 0 Å². The first-order valence-electron chi connectivity index (χ1n) is 12.7. The topological polar surface area (TPSA) is 70.7 Å². The van der Waals surface area contributed by atoms with Crippen LogP contribution in [0.2, 0.25) is 5.02 Å². The SMILES string of the molecule is C[C@H]1COc2ccccc2C(=O)NCCCCCC2(CCN(Cc3ccccc3Cl)CC2)C(=O)N1. The van der Waals surface area contributed by atoms with Crippen LogP contribution in [0.5, 0.6) is 5.75 Å². The molecule has 1 spiro atoms. The molecule has 4 rings (SSSR count). The molecular weight excluding hydrogens is 462 g/mol. The van der Waals surface area contributed by atoms with Crippen molar-refractivity contribution < 1.29 is 14.3 Å². The lowest BCUT2D eigenvalue weighted by Gasteiger charge is -2.41. The zero-order valence-electron chi connectivity index (χ0n) is 20.5. The normalized spacial score (nSPS) is 22.2. The minimum Gasteiger partial charge on any atom is -0.491 e. The van der Waals surface area contributed by atoms with Crippen molar-refractivity contribution in [3.8, 4) is 5.75 Å². The van der Waals surface area contributed by atoms with Crippen LogP contribution in [0.3, 0.4) is 0 Å². The van der Waals surface area contributed by atoms with Gasteiger partial charge in [-0.15, -0.1) is 0 Å². The molecule has 6 nitrogen and oxygen atoms in total. The van der Waals surface area contributed by atoms with Crippen molar-refractivity contribution in [2.75, 3.05) is 26.2 Å². The maximum atomic E-state index is 13.6. The molecule has 0 unspecified atom stereocenters. The van der Waals surface area contributed by atoms with Gasteiger partial charge < -0.3 is 15.4 Å². The minimum atomic E-state index is -0.368. The molecule has 0 radical (unpaired) electrons. The molecule has 1 saturated heterocycles. The molecule has 2 aliphatic heterocycles. The van der Waals surface area contributed by atoms with Crippen LogP contribution >= 0.6 is 11.6 Å². The lowest BCUT2D eigenvalue weighted by Crippen LogP contribution is -2.51. The van der Waals surface area contributed by atoms with E-state index in [2.05, 4.69) is 21.6 Å². The highest BCUT2D eigenvalue weighted by Crippen LogP contribution is 2.38. The summed E-state index contributed by atoms with van der Waals surface area (Å²) in [6.07, 6.45) is 5.36. The van der Waals surface area contributed by atoms with Gasteiger partial charge in [0, 0.05) is 18.1 Å². The predicted octanol–water partition coefficient (Wildman–Crippen LogP) is 4.81. The first-order chi connectivity index (χ1) is 17.0. The standard InChI is InChI=1S/C28H36ClN3O3/c1-21-20-35-25-12-6-4-10-23(25)26(33)30-16-8-2-7-13-28(27(34)31-21)14-17-32(18-15-28)19-22-9-3-5-11-24(22)29/h3-6,9-12,21H,2,7-8,13-20H2,1H3,(H,30,33)(H,31,34)/t21-/m0/s1. The van der Waals surface area contributed by atoms with Gasteiger partial charge in [0.15, 0.2) is 0 Å². The molecule has 7 heteroatoms. The van der Waals surface area contributed by atoms with Crippen LogP contribution in [-0.4, -0.2) is 49.0 Å². The summed E-state index contributed by atoms with van der Waals surface area (Å²) in [5, 5.41) is 7.03. The lowest BCUT2D eigenvalue weighted by atomic mass is 9.73. The van der Waals surface area contributed by atoms with Gasteiger partial charge in [-0.3, -0.25) is 14.5 Å². The Kier molecular flexibility index (Phi) is 8.69. The highest BCUT2D eigenvalue weighted by atomic mass is 35.5. The zero-order chi connectivity index (χ0) is 24.7. The molecule has 0 bridgehead atoms. The molecule has 35 heavy (non-hydrogen) atoms. The van der Waals surface area contributed by atoms with Crippen LogP contribution < -0.4 is 15.4 Å². The summed E-state index contributed by atoms with van der Waals surface area (Å²) in [7, 11) is 0. The second kappa shape index (κ2) is 11.9. The molecule has 2 amide bonds. The number of hydrogen-bond acceptors (Lipinski definition) is 4. The highest BCUT2D eigenvalue weighted by Gasteiger charge is 2.41. The van der Waals surface area contributed by atoms with Gasteiger partial charge in [-0.1, -0.05) is 54.8 Å². The number of nitrogens with zero attached hydrogens (tertiary/aromatic N) is 1. The van der Waals surface area contributed by atoms with Gasteiger partial charge in [-0.25, -0.2) is 0 Å². The molecule has 2 aliphatic rings. The Morgan fingerprint density at radius 3 is 2.54 bits per heavy atom. The van der Waals surface area contributed by atoms with Crippen molar-refractivity contribution in [2.45, 2.75) is 58.0 Å². The first-order valence-corrected chi connectivity index (χ1v) is 13.1. The summed E-state index contributed by atoms with van der Waals surface area (Å²) in [6.45, 7) is 5.43. The van der Waals surface area contributed by atoms with Crippen molar-refractivity contribution in [1.82, 2.24) is 15.5 Å².